The minimum absolute atomic E-state index is 0.148. The summed E-state index contributed by atoms with van der Waals surface area (Å²) in [6.07, 6.45) is 5.30. The predicted octanol–water partition coefficient (Wildman–Crippen LogP) is 0.745. The first-order chi connectivity index (χ1) is 11.6. The van der Waals surface area contributed by atoms with E-state index in [0.717, 1.165) is 50.4 Å². The van der Waals surface area contributed by atoms with Crippen molar-refractivity contribution < 1.29 is 9.90 Å². The van der Waals surface area contributed by atoms with Gasteiger partial charge in [-0.1, -0.05) is 6.42 Å². The molecule has 1 saturated carbocycles. The maximum atomic E-state index is 12.3. The maximum absolute atomic E-state index is 12.3. The Balaban J connectivity index is 1.56. The Kier molecular flexibility index (Phi) is 5.50. The van der Waals surface area contributed by atoms with Gasteiger partial charge in [0, 0.05) is 38.5 Å². The molecule has 7 nitrogen and oxygen atoms in total. The van der Waals surface area contributed by atoms with Gasteiger partial charge < -0.3 is 14.6 Å². The fraction of sp³-hybridized carbons (Fsp3) is 0.824. The zero-order valence-electron chi connectivity index (χ0n) is 14.8. The van der Waals surface area contributed by atoms with Crippen LogP contribution in [0.2, 0.25) is 0 Å². The van der Waals surface area contributed by atoms with E-state index in [9.17, 15) is 4.79 Å². The van der Waals surface area contributed by atoms with E-state index in [0.29, 0.717) is 30.8 Å². The summed E-state index contributed by atoms with van der Waals surface area (Å²) in [5, 5.41) is 17.7. The standard InChI is InChI=1S/C17H29N5O2/c1-20(10-11-23)12-15-18-19-16(21(15)2)13-6-8-22(9-7-13)17(24)14-4-3-5-14/h13-14,23H,3-12H2,1-2H3. The highest BCUT2D eigenvalue weighted by Gasteiger charge is 2.33. The van der Waals surface area contributed by atoms with Crippen LogP contribution in [0.25, 0.3) is 0 Å². The maximum Gasteiger partial charge on any atom is 0.225 e. The third-order valence-electron chi connectivity index (χ3n) is 5.52. The number of aromatic nitrogens is 3. The molecule has 0 unspecified atom stereocenters. The van der Waals surface area contributed by atoms with E-state index >= 15 is 0 Å². The van der Waals surface area contributed by atoms with Gasteiger partial charge in [0.15, 0.2) is 0 Å². The van der Waals surface area contributed by atoms with Crippen molar-refractivity contribution in [3.63, 3.8) is 0 Å². The van der Waals surface area contributed by atoms with E-state index < -0.39 is 0 Å². The molecule has 0 bridgehead atoms. The molecule has 2 aliphatic rings. The fourth-order valence-electron chi connectivity index (χ4n) is 3.63. The molecule has 3 rings (SSSR count). The van der Waals surface area contributed by atoms with Crippen LogP contribution in [0.15, 0.2) is 0 Å². The quantitative estimate of drug-likeness (QED) is 0.830. The molecular formula is C17H29N5O2. The molecule has 0 spiro atoms. The third kappa shape index (κ3) is 3.62. The SMILES string of the molecule is CN(CCO)Cc1nnc(C2CCN(C(=O)C3CCC3)CC2)n1C. The van der Waals surface area contributed by atoms with E-state index in [1.807, 2.05) is 23.9 Å². The van der Waals surface area contributed by atoms with Crippen LogP contribution in [0.3, 0.4) is 0 Å². The normalized spacial score (nSPS) is 19.8. The third-order valence-corrected chi connectivity index (χ3v) is 5.52. The molecule has 1 amide bonds. The summed E-state index contributed by atoms with van der Waals surface area (Å²) >= 11 is 0. The van der Waals surface area contributed by atoms with Gasteiger partial charge in [-0.3, -0.25) is 9.69 Å². The highest BCUT2D eigenvalue weighted by atomic mass is 16.3. The molecule has 1 aromatic rings. The molecule has 0 radical (unpaired) electrons. The largest absolute Gasteiger partial charge is 0.395 e. The monoisotopic (exact) mass is 335 g/mol. The summed E-state index contributed by atoms with van der Waals surface area (Å²) in [7, 11) is 3.98. The van der Waals surface area contributed by atoms with Gasteiger partial charge in [-0.05, 0) is 32.7 Å². The van der Waals surface area contributed by atoms with Gasteiger partial charge in [-0.15, -0.1) is 10.2 Å². The van der Waals surface area contributed by atoms with Crippen LogP contribution < -0.4 is 0 Å². The summed E-state index contributed by atoms with van der Waals surface area (Å²) < 4.78 is 2.09. The van der Waals surface area contributed by atoms with E-state index in [2.05, 4.69) is 14.8 Å². The molecule has 134 valence electrons. The molecule has 1 aromatic heterocycles. The number of nitrogens with zero attached hydrogens (tertiary/aromatic N) is 5. The lowest BCUT2D eigenvalue weighted by Gasteiger charge is -2.36. The number of hydrogen-bond acceptors (Lipinski definition) is 5. The predicted molar refractivity (Wildman–Crippen MR) is 90.3 cm³/mol. The second kappa shape index (κ2) is 7.61. The lowest BCUT2D eigenvalue weighted by atomic mass is 9.83. The number of hydrogen-bond donors (Lipinski definition) is 1. The van der Waals surface area contributed by atoms with Crippen LogP contribution in [0, 0.1) is 5.92 Å². The molecule has 2 heterocycles. The van der Waals surface area contributed by atoms with Crippen molar-refractivity contribution in [3.05, 3.63) is 11.6 Å². The Morgan fingerprint density at radius 3 is 2.54 bits per heavy atom. The molecule has 1 saturated heterocycles. The first-order valence-corrected chi connectivity index (χ1v) is 9.06. The number of rotatable bonds is 6. The van der Waals surface area contributed by atoms with Crippen LogP contribution in [-0.2, 0) is 18.4 Å². The van der Waals surface area contributed by atoms with Gasteiger partial charge >= 0.3 is 0 Å². The smallest absolute Gasteiger partial charge is 0.225 e. The van der Waals surface area contributed by atoms with Crippen molar-refractivity contribution in [2.24, 2.45) is 13.0 Å². The summed E-state index contributed by atoms with van der Waals surface area (Å²) in [5.41, 5.74) is 0. The average Bonchev–Trinajstić information content (AvgIpc) is 2.87. The van der Waals surface area contributed by atoms with Gasteiger partial charge in [-0.25, -0.2) is 0 Å². The zero-order valence-corrected chi connectivity index (χ0v) is 14.8. The summed E-state index contributed by atoms with van der Waals surface area (Å²) in [4.78, 5) is 16.4. The Hall–Kier alpha value is -1.47. The topological polar surface area (TPSA) is 74.5 Å². The van der Waals surface area contributed by atoms with E-state index in [4.69, 9.17) is 5.11 Å². The fourth-order valence-corrected chi connectivity index (χ4v) is 3.63. The number of likely N-dealkylation sites (tertiary alicyclic amines) is 1. The van der Waals surface area contributed by atoms with Crippen LogP contribution in [-0.4, -0.2) is 68.9 Å². The Morgan fingerprint density at radius 1 is 1.25 bits per heavy atom. The number of piperidine rings is 1. The molecule has 0 atom stereocenters. The van der Waals surface area contributed by atoms with Crippen molar-refractivity contribution in [2.75, 3.05) is 33.3 Å². The molecule has 1 aliphatic heterocycles. The Morgan fingerprint density at radius 2 is 1.96 bits per heavy atom. The van der Waals surface area contributed by atoms with Gasteiger partial charge in [0.25, 0.3) is 0 Å². The number of carbonyl (C=O) groups is 1. The van der Waals surface area contributed by atoms with Gasteiger partial charge in [0.05, 0.1) is 13.2 Å². The number of aliphatic hydroxyl groups is 1. The number of amides is 1. The highest BCUT2D eigenvalue weighted by Crippen LogP contribution is 2.32. The lowest BCUT2D eigenvalue weighted by molar-refractivity contribution is -0.139. The second-order valence-corrected chi connectivity index (χ2v) is 7.22. The number of carbonyl (C=O) groups excluding carboxylic acids is 1. The Labute approximate surface area is 143 Å². The van der Waals surface area contributed by atoms with E-state index in [1.165, 1.54) is 6.42 Å². The first kappa shape index (κ1) is 17.4. The number of likely N-dealkylation sites (N-methyl/N-ethyl adjacent to an activating group) is 1. The van der Waals surface area contributed by atoms with Gasteiger partial charge in [-0.2, -0.15) is 0 Å². The van der Waals surface area contributed by atoms with E-state index in [1.54, 1.807) is 0 Å². The van der Waals surface area contributed by atoms with Crippen LogP contribution in [0.5, 0.6) is 0 Å². The molecular weight excluding hydrogens is 306 g/mol. The molecule has 2 fully saturated rings. The molecule has 1 N–H and O–H groups in total. The van der Waals surface area contributed by atoms with E-state index in [-0.39, 0.29) is 6.61 Å². The first-order valence-electron chi connectivity index (χ1n) is 9.06. The summed E-state index contributed by atoms with van der Waals surface area (Å²) in [5.74, 6) is 2.99. The molecule has 24 heavy (non-hydrogen) atoms. The Bertz CT molecular complexity index is 561. The van der Waals surface area contributed by atoms with Crippen molar-refractivity contribution in [2.45, 2.75) is 44.6 Å². The average molecular weight is 335 g/mol. The minimum Gasteiger partial charge on any atom is -0.395 e. The van der Waals surface area contributed by atoms with Crippen LogP contribution in [0.4, 0.5) is 0 Å². The van der Waals surface area contributed by atoms with Crippen LogP contribution >= 0.6 is 0 Å². The minimum atomic E-state index is 0.148. The summed E-state index contributed by atoms with van der Waals surface area (Å²) in [6, 6.07) is 0. The van der Waals surface area contributed by atoms with Crippen LogP contribution in [0.1, 0.15) is 49.7 Å². The molecule has 1 aliphatic carbocycles. The van der Waals surface area contributed by atoms with Crippen molar-refractivity contribution in [1.29, 1.82) is 0 Å². The lowest BCUT2D eigenvalue weighted by Crippen LogP contribution is -2.43. The van der Waals surface area contributed by atoms with Gasteiger partial charge in [0.1, 0.15) is 11.6 Å². The highest BCUT2D eigenvalue weighted by molar-refractivity contribution is 5.79. The molecule has 7 heteroatoms. The number of aliphatic hydroxyl groups excluding tert-OH is 1. The van der Waals surface area contributed by atoms with Crippen molar-refractivity contribution in [1.82, 2.24) is 24.6 Å². The van der Waals surface area contributed by atoms with Gasteiger partial charge in [0.2, 0.25) is 5.91 Å². The summed E-state index contributed by atoms with van der Waals surface area (Å²) in [6.45, 7) is 3.14. The zero-order chi connectivity index (χ0) is 17.1. The molecule has 0 aromatic carbocycles. The van der Waals surface area contributed by atoms with Crippen molar-refractivity contribution in [3.8, 4) is 0 Å². The van der Waals surface area contributed by atoms with Crippen molar-refractivity contribution >= 4 is 5.91 Å². The second-order valence-electron chi connectivity index (χ2n) is 7.22.